The fourth-order valence-electron chi connectivity index (χ4n) is 4.71. The Labute approximate surface area is 244 Å². The lowest BCUT2D eigenvalue weighted by Crippen LogP contribution is -2.50. The van der Waals surface area contributed by atoms with Crippen molar-refractivity contribution >= 4 is 39.6 Å². The van der Waals surface area contributed by atoms with E-state index in [4.69, 9.17) is 13.7 Å². The molecule has 2 aromatic rings. The van der Waals surface area contributed by atoms with Crippen molar-refractivity contribution in [1.29, 1.82) is 0 Å². The molecule has 2 aromatic carbocycles. The molecule has 2 aliphatic heterocycles. The zero-order valence-electron chi connectivity index (χ0n) is 22.7. The number of non-ortho nitro benzene ring substituents is 2. The summed E-state index contributed by atoms with van der Waals surface area (Å²) in [7, 11) is -3.89. The molecule has 43 heavy (non-hydrogen) atoms. The van der Waals surface area contributed by atoms with Crippen molar-refractivity contribution in [3.05, 3.63) is 79.9 Å². The molecule has 2 heterocycles. The predicted molar refractivity (Wildman–Crippen MR) is 145 cm³/mol. The summed E-state index contributed by atoms with van der Waals surface area (Å²) in [4.78, 5) is 61.6. The first-order valence-corrected chi connectivity index (χ1v) is 14.6. The molecule has 230 valence electrons. The number of amides is 3. The molecular formula is C25H27N5O12S. The molecule has 0 saturated carbocycles. The lowest BCUT2D eigenvalue weighted by atomic mass is 10.2. The fourth-order valence-corrected chi connectivity index (χ4v) is 5.34. The van der Waals surface area contributed by atoms with Crippen molar-refractivity contribution < 1.29 is 46.3 Å². The minimum atomic E-state index is -3.89. The molecule has 0 bridgehead atoms. The van der Waals surface area contributed by atoms with Crippen LogP contribution in [0.1, 0.15) is 24.0 Å². The number of carbonyl (C=O) groups excluding carboxylic acids is 3. The summed E-state index contributed by atoms with van der Waals surface area (Å²) < 4.78 is 39.1. The minimum absolute atomic E-state index is 0.0389. The molecule has 0 spiro atoms. The van der Waals surface area contributed by atoms with Crippen LogP contribution in [0.2, 0.25) is 0 Å². The van der Waals surface area contributed by atoms with Crippen LogP contribution in [0, 0.1) is 20.2 Å². The maximum atomic E-state index is 13.2. The van der Waals surface area contributed by atoms with E-state index >= 15 is 0 Å². The van der Waals surface area contributed by atoms with E-state index in [0.29, 0.717) is 11.1 Å². The Morgan fingerprint density at radius 1 is 0.953 bits per heavy atom. The highest BCUT2D eigenvalue weighted by Crippen LogP contribution is 2.29. The van der Waals surface area contributed by atoms with Crippen LogP contribution in [-0.4, -0.2) is 83.8 Å². The molecular weight excluding hydrogens is 594 g/mol. The number of nitrogens with zero attached hydrogens (tertiary/aromatic N) is 4. The largest absolute Gasteiger partial charge is 0.445 e. The zero-order chi connectivity index (χ0) is 31.3. The van der Waals surface area contributed by atoms with E-state index in [1.54, 1.807) is 0 Å². The van der Waals surface area contributed by atoms with Gasteiger partial charge in [-0.3, -0.25) is 34.1 Å². The third kappa shape index (κ3) is 8.13. The highest BCUT2D eigenvalue weighted by atomic mass is 32.2. The van der Waals surface area contributed by atoms with E-state index in [1.165, 1.54) is 53.4 Å². The van der Waals surface area contributed by atoms with Crippen LogP contribution in [0.5, 0.6) is 0 Å². The van der Waals surface area contributed by atoms with Crippen molar-refractivity contribution in [2.75, 3.05) is 19.3 Å². The van der Waals surface area contributed by atoms with Gasteiger partial charge in [-0.1, -0.05) is 0 Å². The Morgan fingerprint density at radius 2 is 1.49 bits per heavy atom. The second-order valence-electron chi connectivity index (χ2n) is 9.79. The van der Waals surface area contributed by atoms with Crippen molar-refractivity contribution in [3.63, 3.8) is 0 Å². The van der Waals surface area contributed by atoms with Gasteiger partial charge in [0.25, 0.3) is 21.5 Å². The Morgan fingerprint density at radius 3 is 2.00 bits per heavy atom. The quantitative estimate of drug-likeness (QED) is 0.229. The number of nitro benzene ring substituents is 2. The number of nitrogens with one attached hydrogen (secondary N) is 1. The molecule has 1 unspecified atom stereocenters. The summed E-state index contributed by atoms with van der Waals surface area (Å²) in [5.41, 5.74) is 0.699. The maximum Gasteiger partial charge on any atom is 0.411 e. The molecule has 4 rings (SSSR count). The molecule has 3 amide bonds. The van der Waals surface area contributed by atoms with Gasteiger partial charge in [-0.15, -0.1) is 0 Å². The van der Waals surface area contributed by atoms with E-state index in [1.807, 2.05) is 0 Å². The van der Waals surface area contributed by atoms with E-state index < -0.39 is 56.4 Å². The summed E-state index contributed by atoms with van der Waals surface area (Å²) in [6, 6.07) is 9.75. The normalized spacial score (nSPS) is 20.1. The predicted octanol–water partition coefficient (Wildman–Crippen LogP) is 2.04. The van der Waals surface area contributed by atoms with Gasteiger partial charge in [-0.25, -0.2) is 9.59 Å². The van der Waals surface area contributed by atoms with Crippen LogP contribution in [0.3, 0.4) is 0 Å². The summed E-state index contributed by atoms with van der Waals surface area (Å²) in [5, 5.41) is 24.1. The average molecular weight is 622 g/mol. The smallest absolute Gasteiger partial charge is 0.411 e. The first-order valence-electron chi connectivity index (χ1n) is 12.8. The van der Waals surface area contributed by atoms with Gasteiger partial charge in [0, 0.05) is 37.2 Å². The third-order valence-electron chi connectivity index (χ3n) is 6.70. The van der Waals surface area contributed by atoms with Crippen LogP contribution in [0.15, 0.2) is 48.5 Å². The van der Waals surface area contributed by atoms with Crippen LogP contribution in [0.4, 0.5) is 21.0 Å². The monoisotopic (exact) mass is 621 g/mol. The van der Waals surface area contributed by atoms with Crippen molar-refractivity contribution in [1.82, 2.24) is 15.1 Å². The number of nitro groups is 2. The second kappa shape index (κ2) is 13.0. The van der Waals surface area contributed by atoms with Crippen molar-refractivity contribution in [2.24, 2.45) is 0 Å². The number of rotatable bonds is 10. The second-order valence-corrected chi connectivity index (χ2v) is 11.4. The molecule has 2 saturated heterocycles. The number of benzene rings is 2. The minimum Gasteiger partial charge on any atom is -0.445 e. The Hall–Kier alpha value is -4.84. The first-order chi connectivity index (χ1) is 20.3. The third-order valence-corrected chi connectivity index (χ3v) is 7.32. The SMILES string of the molecule is CS(=O)(=O)O[C@@H]1C[C@@H](N2CCC(NC(=O)OCc3ccc([N+](=O)[O-])cc3)C2=O)N(C(=O)OCc2ccc([N+](=O)[O-])cc2)C1. The van der Waals surface area contributed by atoms with Crippen molar-refractivity contribution in [2.45, 2.75) is 44.4 Å². The van der Waals surface area contributed by atoms with E-state index in [9.17, 15) is 43.0 Å². The summed E-state index contributed by atoms with van der Waals surface area (Å²) in [6.07, 6.45) is -2.67. The molecule has 2 fully saturated rings. The topological polar surface area (TPSA) is 218 Å². The Kier molecular flexibility index (Phi) is 9.40. The number of alkyl carbamates (subject to hydrolysis) is 1. The number of hydrogen-bond donors (Lipinski definition) is 1. The molecule has 0 aromatic heterocycles. The number of ether oxygens (including phenoxy) is 2. The standard InChI is InChI=1S/C25H27N5O12S/c1-43(38,39)42-20-12-22(28(13-20)25(33)41-15-17-4-8-19(9-5-17)30(36)37)27-11-10-21(23(27)31)26-24(32)40-14-16-2-6-18(7-3-16)29(34)35/h2-9,20-22H,10-15H2,1H3,(H,26,32)/t20-,21?,22+/m1/s1. The van der Waals surface area contributed by atoms with Gasteiger partial charge in [0.1, 0.15) is 25.4 Å². The van der Waals surface area contributed by atoms with Crippen LogP contribution in [0.25, 0.3) is 0 Å². The average Bonchev–Trinajstić information content (AvgIpc) is 3.52. The van der Waals surface area contributed by atoms with E-state index in [-0.39, 0.29) is 50.5 Å². The molecule has 0 radical (unpaired) electrons. The zero-order valence-corrected chi connectivity index (χ0v) is 23.5. The van der Waals surface area contributed by atoms with Gasteiger partial charge in [-0.2, -0.15) is 8.42 Å². The number of hydrogen-bond acceptors (Lipinski definition) is 12. The van der Waals surface area contributed by atoms with Gasteiger partial charge in [0.05, 0.1) is 28.8 Å². The lowest BCUT2D eigenvalue weighted by Gasteiger charge is -2.31. The lowest BCUT2D eigenvalue weighted by molar-refractivity contribution is -0.385. The van der Waals surface area contributed by atoms with E-state index in [2.05, 4.69) is 5.32 Å². The van der Waals surface area contributed by atoms with E-state index in [0.717, 1.165) is 11.2 Å². The summed E-state index contributed by atoms with van der Waals surface area (Å²) >= 11 is 0. The summed E-state index contributed by atoms with van der Waals surface area (Å²) in [6.45, 7) is -0.517. The molecule has 17 nitrogen and oxygen atoms in total. The maximum absolute atomic E-state index is 13.2. The highest BCUT2D eigenvalue weighted by molar-refractivity contribution is 7.86. The number of likely N-dealkylation sites (tertiary alicyclic amines) is 2. The fraction of sp³-hybridized carbons (Fsp3) is 0.400. The van der Waals surface area contributed by atoms with Crippen LogP contribution < -0.4 is 5.32 Å². The Balaban J connectivity index is 1.37. The molecule has 2 aliphatic rings. The van der Waals surface area contributed by atoms with Gasteiger partial charge in [0.2, 0.25) is 5.91 Å². The molecule has 1 N–H and O–H groups in total. The van der Waals surface area contributed by atoms with Gasteiger partial charge in [-0.05, 0) is 41.8 Å². The highest BCUT2D eigenvalue weighted by Gasteiger charge is 2.47. The molecule has 3 atom stereocenters. The number of carbonyl (C=O) groups is 3. The molecule has 0 aliphatic carbocycles. The molecule has 18 heteroatoms. The van der Waals surface area contributed by atoms with Gasteiger partial charge in [0.15, 0.2) is 0 Å². The van der Waals surface area contributed by atoms with Gasteiger partial charge >= 0.3 is 12.2 Å². The summed E-state index contributed by atoms with van der Waals surface area (Å²) in [5.74, 6) is -0.537. The van der Waals surface area contributed by atoms with Gasteiger partial charge < -0.3 is 19.7 Å². The first kappa shape index (κ1) is 31.1. The Bertz CT molecular complexity index is 1500. The van der Waals surface area contributed by atoms with Crippen molar-refractivity contribution in [3.8, 4) is 0 Å². The van der Waals surface area contributed by atoms with Crippen LogP contribution >= 0.6 is 0 Å². The van der Waals surface area contributed by atoms with Crippen LogP contribution in [-0.2, 0) is 41.8 Å².